The molecule has 0 saturated heterocycles. The van der Waals surface area contributed by atoms with Crippen LogP contribution in [-0.2, 0) is 6.42 Å². The second-order valence-corrected chi connectivity index (χ2v) is 7.88. The van der Waals surface area contributed by atoms with Gasteiger partial charge in [-0.1, -0.05) is 59.9 Å². The molecule has 0 bridgehead atoms. The van der Waals surface area contributed by atoms with Gasteiger partial charge in [-0.05, 0) is 43.2 Å². The summed E-state index contributed by atoms with van der Waals surface area (Å²) in [5.41, 5.74) is 3.60. The summed E-state index contributed by atoms with van der Waals surface area (Å²) in [7, 11) is 0. The molecule has 1 N–H and O–H groups in total. The topological polar surface area (TPSA) is 47.0 Å². The van der Waals surface area contributed by atoms with Gasteiger partial charge in [0, 0.05) is 11.4 Å². The first-order valence-corrected chi connectivity index (χ1v) is 10.0. The molecular weight excluding hydrogens is 350 g/mol. The molecule has 6 heteroatoms. The molecule has 0 aliphatic carbocycles. The Balaban J connectivity index is 1.44. The summed E-state index contributed by atoms with van der Waals surface area (Å²) in [5.74, 6) is 1.75. The van der Waals surface area contributed by atoms with Gasteiger partial charge in [0.2, 0.25) is 5.13 Å². The molecule has 0 unspecified atom stereocenters. The van der Waals surface area contributed by atoms with Crippen molar-refractivity contribution in [2.45, 2.75) is 24.6 Å². The van der Waals surface area contributed by atoms with Gasteiger partial charge in [-0.25, -0.2) is 0 Å². The summed E-state index contributed by atoms with van der Waals surface area (Å²) in [4.78, 5) is 0. The minimum atomic E-state index is 0.647. The zero-order chi connectivity index (χ0) is 17.5. The Morgan fingerprint density at radius 2 is 1.80 bits per heavy atom. The summed E-state index contributed by atoms with van der Waals surface area (Å²) in [6, 6.07) is 16.5. The van der Waals surface area contributed by atoms with Gasteiger partial charge < -0.3 is 10.1 Å². The standard InChI is InChI=1S/C19H21N3OS2/c1-3-15-6-8-16(9-7-15)20-18-21-22-19(25-18)24-13-12-23-17-10-4-14(2)5-11-17/h4-11H,3,12-13H2,1-2H3,(H,20,21). The molecule has 1 heterocycles. The van der Waals surface area contributed by atoms with E-state index >= 15 is 0 Å². The van der Waals surface area contributed by atoms with Crippen LogP contribution in [0.15, 0.2) is 52.9 Å². The number of nitrogens with zero attached hydrogens (tertiary/aromatic N) is 2. The molecule has 25 heavy (non-hydrogen) atoms. The van der Waals surface area contributed by atoms with Crippen LogP contribution < -0.4 is 10.1 Å². The second kappa shape index (κ2) is 8.87. The highest BCUT2D eigenvalue weighted by molar-refractivity contribution is 8.01. The first-order valence-electron chi connectivity index (χ1n) is 8.24. The van der Waals surface area contributed by atoms with Crippen molar-refractivity contribution in [2.24, 2.45) is 0 Å². The Bertz CT molecular complexity index is 785. The number of anilines is 2. The predicted molar refractivity (Wildman–Crippen MR) is 106 cm³/mol. The third-order valence-corrected chi connectivity index (χ3v) is 5.55. The maximum Gasteiger partial charge on any atom is 0.210 e. The zero-order valence-corrected chi connectivity index (χ0v) is 16.0. The Morgan fingerprint density at radius 3 is 2.52 bits per heavy atom. The molecule has 0 spiro atoms. The molecule has 1 aromatic heterocycles. The highest BCUT2D eigenvalue weighted by Gasteiger charge is 2.05. The van der Waals surface area contributed by atoms with Crippen LogP contribution in [0.5, 0.6) is 5.75 Å². The van der Waals surface area contributed by atoms with Crippen LogP contribution in [0.4, 0.5) is 10.8 Å². The van der Waals surface area contributed by atoms with Gasteiger partial charge in [-0.2, -0.15) is 0 Å². The number of thioether (sulfide) groups is 1. The van der Waals surface area contributed by atoms with Crippen LogP contribution >= 0.6 is 23.1 Å². The normalized spacial score (nSPS) is 10.6. The number of aromatic nitrogens is 2. The molecule has 3 rings (SSSR count). The summed E-state index contributed by atoms with van der Waals surface area (Å²) >= 11 is 3.22. The fourth-order valence-corrected chi connectivity index (χ4v) is 3.85. The molecule has 3 aromatic rings. The largest absolute Gasteiger partial charge is 0.493 e. The van der Waals surface area contributed by atoms with E-state index in [9.17, 15) is 0 Å². The van der Waals surface area contributed by atoms with E-state index in [0.717, 1.165) is 33.1 Å². The molecule has 0 aliphatic rings. The summed E-state index contributed by atoms with van der Waals surface area (Å²) in [6.07, 6.45) is 1.05. The van der Waals surface area contributed by atoms with Crippen LogP contribution in [0.2, 0.25) is 0 Å². The van der Waals surface area contributed by atoms with Gasteiger partial charge in [0.1, 0.15) is 5.75 Å². The Kier molecular flexibility index (Phi) is 6.30. The van der Waals surface area contributed by atoms with E-state index in [1.54, 1.807) is 23.1 Å². The average Bonchev–Trinajstić information content (AvgIpc) is 3.08. The van der Waals surface area contributed by atoms with Crippen molar-refractivity contribution in [3.63, 3.8) is 0 Å². The van der Waals surface area contributed by atoms with E-state index in [1.807, 2.05) is 12.1 Å². The molecule has 130 valence electrons. The van der Waals surface area contributed by atoms with E-state index in [4.69, 9.17) is 4.74 Å². The van der Waals surface area contributed by atoms with Crippen molar-refractivity contribution >= 4 is 33.9 Å². The van der Waals surface area contributed by atoms with E-state index in [0.29, 0.717) is 6.61 Å². The lowest BCUT2D eigenvalue weighted by Crippen LogP contribution is -1.99. The summed E-state index contributed by atoms with van der Waals surface area (Å²) < 4.78 is 6.67. The maximum atomic E-state index is 5.73. The zero-order valence-electron chi connectivity index (χ0n) is 14.4. The fourth-order valence-electron chi connectivity index (χ4n) is 2.19. The van der Waals surface area contributed by atoms with E-state index in [1.165, 1.54) is 11.1 Å². The van der Waals surface area contributed by atoms with Crippen molar-refractivity contribution in [1.82, 2.24) is 10.2 Å². The number of hydrogen-bond donors (Lipinski definition) is 1. The number of aryl methyl sites for hydroxylation is 2. The molecule has 0 amide bonds. The smallest absolute Gasteiger partial charge is 0.210 e. The fraction of sp³-hybridized carbons (Fsp3) is 0.263. The third kappa shape index (κ3) is 5.47. The maximum absolute atomic E-state index is 5.73. The number of rotatable bonds is 8. The molecule has 0 saturated carbocycles. The Labute approximate surface area is 156 Å². The van der Waals surface area contributed by atoms with Gasteiger partial charge in [0.05, 0.1) is 6.61 Å². The molecule has 0 radical (unpaired) electrons. The highest BCUT2D eigenvalue weighted by Crippen LogP contribution is 2.27. The van der Waals surface area contributed by atoms with Gasteiger partial charge >= 0.3 is 0 Å². The first kappa shape index (κ1) is 17.8. The quantitative estimate of drug-likeness (QED) is 0.429. The average molecular weight is 372 g/mol. The second-order valence-electron chi connectivity index (χ2n) is 5.56. The van der Waals surface area contributed by atoms with E-state index < -0.39 is 0 Å². The van der Waals surface area contributed by atoms with Crippen molar-refractivity contribution in [2.75, 3.05) is 17.7 Å². The number of benzene rings is 2. The SMILES string of the molecule is CCc1ccc(Nc2nnc(SCCOc3ccc(C)cc3)s2)cc1. The number of ether oxygens (including phenoxy) is 1. The molecular formula is C19H21N3OS2. The highest BCUT2D eigenvalue weighted by atomic mass is 32.2. The van der Waals surface area contributed by atoms with Crippen molar-refractivity contribution in [1.29, 1.82) is 0 Å². The van der Waals surface area contributed by atoms with Gasteiger partial charge in [-0.15, -0.1) is 10.2 Å². The minimum absolute atomic E-state index is 0.647. The first-order chi connectivity index (χ1) is 12.2. The van der Waals surface area contributed by atoms with E-state index in [-0.39, 0.29) is 0 Å². The van der Waals surface area contributed by atoms with Crippen LogP contribution in [0.3, 0.4) is 0 Å². The third-order valence-electron chi connectivity index (χ3n) is 3.62. The Hall–Kier alpha value is -2.05. The monoisotopic (exact) mass is 371 g/mol. The lowest BCUT2D eigenvalue weighted by Gasteiger charge is -2.05. The molecule has 4 nitrogen and oxygen atoms in total. The minimum Gasteiger partial charge on any atom is -0.493 e. The lowest BCUT2D eigenvalue weighted by atomic mass is 10.1. The summed E-state index contributed by atoms with van der Waals surface area (Å²) in [5, 5.41) is 12.5. The lowest BCUT2D eigenvalue weighted by molar-refractivity contribution is 0.344. The van der Waals surface area contributed by atoms with Crippen LogP contribution in [-0.4, -0.2) is 22.6 Å². The van der Waals surface area contributed by atoms with Crippen LogP contribution in [0.25, 0.3) is 0 Å². The molecule has 0 aliphatic heterocycles. The molecule has 2 aromatic carbocycles. The molecule has 0 fully saturated rings. The number of hydrogen-bond acceptors (Lipinski definition) is 6. The van der Waals surface area contributed by atoms with Crippen molar-refractivity contribution in [3.8, 4) is 5.75 Å². The van der Waals surface area contributed by atoms with Gasteiger partial charge in [0.15, 0.2) is 4.34 Å². The van der Waals surface area contributed by atoms with Crippen LogP contribution in [0, 0.1) is 6.92 Å². The number of nitrogens with one attached hydrogen (secondary N) is 1. The van der Waals surface area contributed by atoms with Crippen LogP contribution in [0.1, 0.15) is 18.1 Å². The predicted octanol–water partition coefficient (Wildman–Crippen LogP) is 5.32. The molecule has 0 atom stereocenters. The summed E-state index contributed by atoms with van der Waals surface area (Å²) in [6.45, 7) is 4.87. The van der Waals surface area contributed by atoms with Gasteiger partial charge in [0.25, 0.3) is 0 Å². The van der Waals surface area contributed by atoms with Crippen molar-refractivity contribution < 1.29 is 4.74 Å². The Morgan fingerprint density at radius 1 is 1.04 bits per heavy atom. The van der Waals surface area contributed by atoms with Crippen molar-refractivity contribution in [3.05, 3.63) is 59.7 Å². The van der Waals surface area contributed by atoms with Gasteiger partial charge in [-0.3, -0.25) is 0 Å². The van der Waals surface area contributed by atoms with E-state index in [2.05, 4.69) is 65.8 Å².